The summed E-state index contributed by atoms with van der Waals surface area (Å²) in [4.78, 5) is 0. The van der Waals surface area contributed by atoms with Crippen LogP contribution < -0.4 is 0 Å². The molecule has 2 atom stereocenters. The molecule has 0 unspecified atom stereocenters. The second-order valence-electron chi connectivity index (χ2n) is 10.9. The van der Waals surface area contributed by atoms with E-state index in [-0.39, 0.29) is 12.4 Å². The van der Waals surface area contributed by atoms with Gasteiger partial charge in [0, 0.05) is 0 Å². The molecule has 3 saturated carbocycles. The quantitative estimate of drug-likeness (QED) is 0.236. The molecule has 1 saturated heterocycles. The van der Waals surface area contributed by atoms with Crippen molar-refractivity contribution >= 4 is 0 Å². The molecule has 0 spiro atoms. The number of unbranched alkanes of at least 4 members (excludes halogenated alkanes) is 4. The molecule has 1 aromatic rings. The van der Waals surface area contributed by atoms with Gasteiger partial charge in [0.15, 0.2) is 6.29 Å². The highest BCUT2D eigenvalue weighted by molar-refractivity contribution is 5.32. The van der Waals surface area contributed by atoms with Gasteiger partial charge in [0.25, 0.3) is 0 Å². The van der Waals surface area contributed by atoms with Gasteiger partial charge in [-0.15, -0.1) is 0 Å². The van der Waals surface area contributed by atoms with Crippen LogP contribution in [0.4, 0.5) is 0 Å². The molecule has 184 valence electrons. The van der Waals surface area contributed by atoms with Crippen molar-refractivity contribution in [3.63, 3.8) is 0 Å². The smallest absolute Gasteiger partial charge is 0.181 e. The molecule has 5 rings (SSSR count). The lowest BCUT2D eigenvalue weighted by atomic mass is 9.51. The Bertz CT molecular complexity index is 705. The third-order valence-electron chi connectivity index (χ3n) is 8.75. The van der Waals surface area contributed by atoms with E-state index in [1.807, 2.05) is 6.08 Å². The van der Waals surface area contributed by atoms with Crippen LogP contribution in [-0.2, 0) is 19.6 Å². The number of ether oxygens (including phenoxy) is 3. The summed E-state index contributed by atoms with van der Waals surface area (Å²) in [6.45, 7) is 6.08. The fourth-order valence-electron chi connectivity index (χ4n) is 6.40. The summed E-state index contributed by atoms with van der Waals surface area (Å²) in [6.07, 6.45) is 22.0. The molecule has 4 fully saturated rings. The molecular weight excluding hydrogens is 408 g/mol. The molecule has 4 aliphatic rings. The fraction of sp³-hybridized carbons (Fsp3) is 0.733. The molecule has 1 heterocycles. The Morgan fingerprint density at radius 1 is 0.848 bits per heavy atom. The second kappa shape index (κ2) is 12.0. The molecule has 1 aromatic carbocycles. The van der Waals surface area contributed by atoms with Crippen LogP contribution in [0, 0.1) is 5.41 Å². The van der Waals surface area contributed by atoms with E-state index < -0.39 is 0 Å². The predicted molar refractivity (Wildman–Crippen MR) is 135 cm³/mol. The first-order valence-corrected chi connectivity index (χ1v) is 13.8. The second-order valence-corrected chi connectivity index (χ2v) is 10.9. The Balaban J connectivity index is 1.25. The first-order valence-electron chi connectivity index (χ1n) is 13.8. The van der Waals surface area contributed by atoms with Crippen molar-refractivity contribution in [3.8, 4) is 0 Å². The van der Waals surface area contributed by atoms with Crippen molar-refractivity contribution in [2.45, 2.75) is 115 Å². The first-order chi connectivity index (χ1) is 16.2. The predicted octanol–water partition coefficient (Wildman–Crippen LogP) is 8.04. The van der Waals surface area contributed by atoms with Crippen LogP contribution in [0.15, 0.2) is 36.4 Å². The molecule has 0 N–H and O–H groups in total. The van der Waals surface area contributed by atoms with E-state index in [9.17, 15) is 0 Å². The number of hydrogen-bond acceptors (Lipinski definition) is 3. The van der Waals surface area contributed by atoms with Crippen LogP contribution in [0.5, 0.6) is 0 Å². The van der Waals surface area contributed by atoms with Crippen molar-refractivity contribution < 1.29 is 14.2 Å². The molecular formula is C30H46O3. The Morgan fingerprint density at radius 2 is 1.58 bits per heavy atom. The van der Waals surface area contributed by atoms with E-state index in [1.165, 1.54) is 82.6 Å². The molecule has 3 heteroatoms. The molecule has 0 amide bonds. The van der Waals surface area contributed by atoms with E-state index >= 15 is 0 Å². The third-order valence-corrected chi connectivity index (χ3v) is 8.75. The lowest BCUT2D eigenvalue weighted by molar-refractivity contribution is -0.232. The molecule has 1 aliphatic heterocycles. The highest BCUT2D eigenvalue weighted by Crippen LogP contribution is 2.59. The van der Waals surface area contributed by atoms with E-state index in [1.54, 1.807) is 5.56 Å². The third kappa shape index (κ3) is 6.29. The van der Waals surface area contributed by atoms with Gasteiger partial charge in [-0.3, -0.25) is 0 Å². The zero-order valence-electron chi connectivity index (χ0n) is 21.2. The summed E-state index contributed by atoms with van der Waals surface area (Å²) in [5.74, 6) is 0. The normalized spacial score (nSPS) is 31.9. The summed E-state index contributed by atoms with van der Waals surface area (Å²) in [7, 11) is 0. The van der Waals surface area contributed by atoms with Gasteiger partial charge in [-0.1, -0.05) is 82.4 Å². The zero-order chi connectivity index (χ0) is 23.0. The molecule has 3 aliphatic carbocycles. The molecule has 0 radical (unpaired) electrons. The van der Waals surface area contributed by atoms with Crippen molar-refractivity contribution in [1.29, 1.82) is 0 Å². The molecule has 33 heavy (non-hydrogen) atoms. The van der Waals surface area contributed by atoms with E-state index in [0.717, 1.165) is 6.42 Å². The van der Waals surface area contributed by atoms with E-state index in [4.69, 9.17) is 14.2 Å². The van der Waals surface area contributed by atoms with Crippen molar-refractivity contribution in [3.05, 3.63) is 47.5 Å². The minimum absolute atomic E-state index is 0.0145. The zero-order valence-corrected chi connectivity index (χ0v) is 21.2. The monoisotopic (exact) mass is 454 g/mol. The maximum absolute atomic E-state index is 6.08. The van der Waals surface area contributed by atoms with Crippen LogP contribution >= 0.6 is 0 Å². The average Bonchev–Trinajstić information content (AvgIpc) is 2.88. The summed E-state index contributed by atoms with van der Waals surface area (Å²) >= 11 is 0. The fourth-order valence-corrected chi connectivity index (χ4v) is 6.40. The Labute approximate surface area is 202 Å². The molecule has 0 aromatic heterocycles. The summed E-state index contributed by atoms with van der Waals surface area (Å²) < 4.78 is 17.7. The molecule has 3 nitrogen and oxygen atoms in total. The van der Waals surface area contributed by atoms with Crippen LogP contribution in [0.1, 0.15) is 115 Å². The van der Waals surface area contributed by atoms with E-state index in [0.29, 0.717) is 30.7 Å². The summed E-state index contributed by atoms with van der Waals surface area (Å²) in [5, 5.41) is 0. The Hall–Kier alpha value is -1.16. The number of allylic oxidation sites excluding steroid dienone is 1. The minimum atomic E-state index is -0.252. The summed E-state index contributed by atoms with van der Waals surface area (Å²) in [6, 6.07) is 9.35. The topological polar surface area (TPSA) is 27.7 Å². The van der Waals surface area contributed by atoms with Crippen molar-refractivity contribution in [2.24, 2.45) is 5.41 Å². The van der Waals surface area contributed by atoms with Gasteiger partial charge in [-0.25, -0.2) is 0 Å². The lowest BCUT2D eigenvalue weighted by Crippen LogP contribution is -2.44. The first kappa shape index (κ1) is 24.9. The minimum Gasteiger partial charge on any atom is -0.366 e. The van der Waals surface area contributed by atoms with Crippen molar-refractivity contribution in [1.82, 2.24) is 0 Å². The van der Waals surface area contributed by atoms with Gasteiger partial charge in [0.1, 0.15) is 6.10 Å². The van der Waals surface area contributed by atoms with Crippen LogP contribution in [0.2, 0.25) is 0 Å². The Kier molecular flexibility index (Phi) is 9.07. The summed E-state index contributed by atoms with van der Waals surface area (Å²) in [5.41, 5.74) is 3.89. The van der Waals surface area contributed by atoms with Crippen LogP contribution in [0.25, 0.3) is 0 Å². The van der Waals surface area contributed by atoms with Crippen LogP contribution in [0.3, 0.4) is 0 Å². The number of rotatable bonds is 12. The standard InChI is InChI=1S/C30H46O3/c1-3-5-7-8-9-15-29-16-19-30(20-17-29,21-18-29)26-13-11-25(12-14-26)27-23-33-28(24-32-27)31-22-10-6-4-2/h6,10-14,27-28H,3-5,7-9,15-24H2,1-2H3/t27-,28+,29?,30?/m1/s1. The highest BCUT2D eigenvalue weighted by Gasteiger charge is 2.48. The number of hydrogen-bond donors (Lipinski definition) is 0. The van der Waals surface area contributed by atoms with Gasteiger partial charge in [-0.05, 0) is 73.3 Å². The van der Waals surface area contributed by atoms with Gasteiger partial charge in [-0.2, -0.15) is 0 Å². The van der Waals surface area contributed by atoms with Gasteiger partial charge >= 0.3 is 0 Å². The Morgan fingerprint density at radius 3 is 2.21 bits per heavy atom. The van der Waals surface area contributed by atoms with Crippen LogP contribution in [-0.4, -0.2) is 26.1 Å². The average molecular weight is 455 g/mol. The lowest BCUT2D eigenvalue weighted by Gasteiger charge is -2.54. The maximum Gasteiger partial charge on any atom is 0.181 e. The van der Waals surface area contributed by atoms with Gasteiger partial charge in [0.2, 0.25) is 0 Å². The molecule has 2 bridgehead atoms. The van der Waals surface area contributed by atoms with E-state index in [2.05, 4.69) is 44.2 Å². The number of benzene rings is 1. The largest absolute Gasteiger partial charge is 0.366 e. The SMILES string of the molecule is CCC=CCO[C@@H]1CO[C@@H](c2ccc(C34CCC(CCCCCCC)(CC3)CC4)cc2)CO1. The van der Waals surface area contributed by atoms with Gasteiger partial charge in [0.05, 0.1) is 19.8 Å². The highest BCUT2D eigenvalue weighted by atomic mass is 16.7. The maximum atomic E-state index is 6.08. The van der Waals surface area contributed by atoms with Crippen molar-refractivity contribution in [2.75, 3.05) is 19.8 Å². The number of fused-ring (bicyclic) bond motifs is 3. The van der Waals surface area contributed by atoms with Gasteiger partial charge < -0.3 is 14.2 Å².